The summed E-state index contributed by atoms with van der Waals surface area (Å²) in [4.78, 5) is 0. The van der Waals surface area contributed by atoms with E-state index < -0.39 is 0 Å². The Hall–Kier alpha value is -5.63. The molecule has 2 unspecified atom stereocenters. The molecule has 2 aliphatic rings. The van der Waals surface area contributed by atoms with Crippen LogP contribution in [-0.4, -0.2) is 9.13 Å². The van der Waals surface area contributed by atoms with Gasteiger partial charge in [0.2, 0.25) is 0 Å². The molecule has 228 valence electrons. The van der Waals surface area contributed by atoms with Gasteiger partial charge in [-0.2, -0.15) is 5.26 Å². The van der Waals surface area contributed by atoms with Crippen LogP contribution in [0, 0.1) is 17.2 Å². The number of hydrogen-bond acceptors (Lipinski definition) is 2. The van der Waals surface area contributed by atoms with E-state index in [2.05, 4.69) is 150 Å². The number of benzene rings is 5. The molecule has 0 spiro atoms. The van der Waals surface area contributed by atoms with Crippen molar-refractivity contribution in [3.63, 3.8) is 0 Å². The summed E-state index contributed by atoms with van der Waals surface area (Å²) in [5.74, 6) is 0.503. The minimum Gasteiger partial charge on any atom is -0.333 e. The van der Waals surface area contributed by atoms with E-state index >= 15 is 0 Å². The Morgan fingerprint density at radius 1 is 0.688 bits per heavy atom. The molecular weight excluding hydrogens is 603 g/mol. The summed E-state index contributed by atoms with van der Waals surface area (Å²) in [5.41, 5.74) is 10.9. The third kappa shape index (κ3) is 3.86. The lowest BCUT2D eigenvalue weighted by Gasteiger charge is -2.28. The molecule has 48 heavy (non-hydrogen) atoms. The molecule has 0 saturated heterocycles. The van der Waals surface area contributed by atoms with Gasteiger partial charge in [-0.1, -0.05) is 104 Å². The Bertz CT molecular complexity index is 2760. The second-order valence-corrected chi connectivity index (χ2v) is 14.3. The molecule has 2 atom stereocenters. The van der Waals surface area contributed by atoms with Crippen LogP contribution in [0.4, 0.5) is 0 Å². The predicted octanol–water partition coefficient (Wildman–Crippen LogP) is 11.8. The van der Waals surface area contributed by atoms with Crippen molar-refractivity contribution in [3.8, 4) is 11.8 Å². The molecule has 3 heterocycles. The van der Waals surface area contributed by atoms with Crippen LogP contribution in [0.25, 0.3) is 70.2 Å². The SMILES string of the molecule is CC1C=Cc2c(c3ccccc3n2C2CC(C#N)=CC=C2c2cccc3c2sc2c3ccc3c4ccccc4n(-c4ccccc4)c32)C1. The third-order valence-corrected chi connectivity index (χ3v) is 11.7. The van der Waals surface area contributed by atoms with E-state index in [1.165, 1.54) is 81.0 Å². The average Bonchev–Trinajstić information content (AvgIpc) is 3.79. The molecule has 0 aliphatic heterocycles. The highest BCUT2D eigenvalue weighted by atomic mass is 32.1. The molecule has 5 aromatic carbocycles. The lowest BCUT2D eigenvalue weighted by Crippen LogP contribution is -2.17. The van der Waals surface area contributed by atoms with Crippen molar-refractivity contribution in [1.29, 1.82) is 5.26 Å². The molecule has 4 heteroatoms. The van der Waals surface area contributed by atoms with Gasteiger partial charge in [-0.15, -0.1) is 11.3 Å². The number of nitriles is 1. The van der Waals surface area contributed by atoms with Gasteiger partial charge in [-0.05, 0) is 65.5 Å². The predicted molar refractivity (Wildman–Crippen MR) is 203 cm³/mol. The molecule has 10 rings (SSSR count). The molecular formula is C44H31N3S. The number of rotatable bonds is 3. The first-order valence-corrected chi connectivity index (χ1v) is 17.6. The Kier molecular flexibility index (Phi) is 5.98. The van der Waals surface area contributed by atoms with Crippen molar-refractivity contribution in [2.75, 3.05) is 0 Å². The van der Waals surface area contributed by atoms with Crippen LogP contribution >= 0.6 is 11.3 Å². The lowest BCUT2D eigenvalue weighted by molar-refractivity contribution is 0.622. The van der Waals surface area contributed by atoms with Crippen LogP contribution in [0.1, 0.15) is 36.2 Å². The van der Waals surface area contributed by atoms with Gasteiger partial charge in [0.25, 0.3) is 0 Å². The Morgan fingerprint density at radius 2 is 1.42 bits per heavy atom. The van der Waals surface area contributed by atoms with Crippen LogP contribution in [0.2, 0.25) is 0 Å². The second-order valence-electron chi connectivity index (χ2n) is 13.2. The first-order valence-electron chi connectivity index (χ1n) is 16.7. The maximum atomic E-state index is 10.1. The highest BCUT2D eigenvalue weighted by Gasteiger charge is 2.30. The summed E-state index contributed by atoms with van der Waals surface area (Å²) in [6, 6.07) is 42.3. The van der Waals surface area contributed by atoms with Gasteiger partial charge in [0, 0.05) is 60.5 Å². The van der Waals surface area contributed by atoms with E-state index in [1.807, 2.05) is 17.4 Å². The van der Waals surface area contributed by atoms with E-state index in [1.54, 1.807) is 0 Å². The summed E-state index contributed by atoms with van der Waals surface area (Å²) >= 11 is 1.90. The number of hydrogen-bond donors (Lipinski definition) is 0. The van der Waals surface area contributed by atoms with Crippen molar-refractivity contribution in [2.45, 2.75) is 25.8 Å². The fourth-order valence-corrected chi connectivity index (χ4v) is 9.75. The third-order valence-electron chi connectivity index (χ3n) is 10.5. The first kappa shape index (κ1) is 27.5. The smallest absolute Gasteiger partial charge is 0.0948 e. The Labute approximate surface area is 282 Å². The number of allylic oxidation sites excluding steroid dienone is 5. The van der Waals surface area contributed by atoms with Crippen molar-refractivity contribution >= 4 is 75.9 Å². The van der Waals surface area contributed by atoms with Gasteiger partial charge in [0.1, 0.15) is 0 Å². The summed E-state index contributed by atoms with van der Waals surface area (Å²) in [6.07, 6.45) is 10.6. The highest BCUT2D eigenvalue weighted by molar-refractivity contribution is 7.27. The van der Waals surface area contributed by atoms with Gasteiger partial charge in [-0.3, -0.25) is 0 Å². The summed E-state index contributed by atoms with van der Waals surface area (Å²) < 4.78 is 7.57. The standard InChI is InChI=1S/C44H31N3S/c1-27-18-23-40-37(24-27)31-13-6-8-17-39(31)47(40)41-25-28(26-45)19-20-32(41)34-14-9-15-35-36-22-21-33-30-12-5-7-16-38(30)46(29-10-3-2-4-11-29)42(33)44(36)48-43(34)35/h2-23,27,41H,24-25H2,1H3. The normalized spacial score (nSPS) is 17.7. The van der Waals surface area contributed by atoms with Gasteiger partial charge >= 0.3 is 0 Å². The molecule has 0 saturated carbocycles. The largest absolute Gasteiger partial charge is 0.333 e. The van der Waals surface area contributed by atoms with Crippen LogP contribution < -0.4 is 0 Å². The number of para-hydroxylation sites is 3. The zero-order valence-electron chi connectivity index (χ0n) is 26.5. The Balaban J connectivity index is 1.26. The molecule has 3 aromatic heterocycles. The summed E-state index contributed by atoms with van der Waals surface area (Å²) in [6.45, 7) is 2.30. The fraction of sp³-hybridized carbons (Fsp3) is 0.114. The summed E-state index contributed by atoms with van der Waals surface area (Å²) in [7, 11) is 0. The van der Waals surface area contributed by atoms with Gasteiger partial charge < -0.3 is 9.13 Å². The molecule has 0 amide bonds. The highest BCUT2D eigenvalue weighted by Crippen LogP contribution is 2.49. The average molecular weight is 634 g/mol. The van der Waals surface area contributed by atoms with E-state index in [0.717, 1.165) is 12.0 Å². The molecule has 3 nitrogen and oxygen atoms in total. The van der Waals surface area contributed by atoms with E-state index in [-0.39, 0.29) is 6.04 Å². The van der Waals surface area contributed by atoms with Gasteiger partial charge in [-0.25, -0.2) is 0 Å². The quantitative estimate of drug-likeness (QED) is 0.191. The first-order chi connectivity index (χ1) is 23.7. The number of nitrogens with zero attached hydrogens (tertiary/aromatic N) is 3. The molecule has 2 aliphatic carbocycles. The maximum absolute atomic E-state index is 10.1. The van der Waals surface area contributed by atoms with Gasteiger partial charge in [0.05, 0.1) is 27.8 Å². The zero-order valence-corrected chi connectivity index (χ0v) is 27.3. The van der Waals surface area contributed by atoms with Crippen LogP contribution in [0.15, 0.2) is 133 Å². The lowest BCUT2D eigenvalue weighted by atomic mass is 9.87. The van der Waals surface area contributed by atoms with E-state index in [4.69, 9.17) is 0 Å². The minimum absolute atomic E-state index is 0.00274. The van der Waals surface area contributed by atoms with Crippen LogP contribution in [0.5, 0.6) is 0 Å². The van der Waals surface area contributed by atoms with E-state index in [9.17, 15) is 5.26 Å². The second kappa shape index (κ2) is 10.4. The van der Waals surface area contributed by atoms with Gasteiger partial charge in [0.15, 0.2) is 0 Å². The number of thiophene rings is 1. The number of fused-ring (bicyclic) bond motifs is 10. The monoisotopic (exact) mass is 633 g/mol. The minimum atomic E-state index is 0.00274. The van der Waals surface area contributed by atoms with E-state index in [0.29, 0.717) is 12.3 Å². The molecule has 0 N–H and O–H groups in total. The maximum Gasteiger partial charge on any atom is 0.0948 e. The molecule has 0 fully saturated rings. The fourth-order valence-electron chi connectivity index (χ4n) is 8.38. The zero-order chi connectivity index (χ0) is 31.9. The number of aromatic nitrogens is 2. The van der Waals surface area contributed by atoms with Crippen LogP contribution in [0.3, 0.4) is 0 Å². The van der Waals surface area contributed by atoms with Crippen molar-refractivity contribution in [1.82, 2.24) is 9.13 Å². The molecule has 8 aromatic rings. The Morgan fingerprint density at radius 3 is 2.27 bits per heavy atom. The van der Waals surface area contributed by atoms with Crippen molar-refractivity contribution in [3.05, 3.63) is 150 Å². The van der Waals surface area contributed by atoms with Crippen molar-refractivity contribution < 1.29 is 0 Å². The van der Waals surface area contributed by atoms with Crippen molar-refractivity contribution in [2.24, 2.45) is 5.92 Å². The summed E-state index contributed by atoms with van der Waals surface area (Å²) in [5, 5.41) is 16.6. The van der Waals surface area contributed by atoms with Crippen LogP contribution in [-0.2, 0) is 6.42 Å². The molecule has 0 bridgehead atoms. The molecule has 0 radical (unpaired) electrons. The topological polar surface area (TPSA) is 33.6 Å².